The Hall–Kier alpha value is -1.51. The maximum Gasteiger partial charge on any atom is 0.175 e. The zero-order valence-corrected chi connectivity index (χ0v) is 17.7. The van der Waals surface area contributed by atoms with Gasteiger partial charge in [-0.1, -0.05) is 24.3 Å². The number of piperidine rings is 1. The number of anilines is 2. The lowest BCUT2D eigenvalue weighted by Gasteiger charge is -2.28. The monoisotopic (exact) mass is 479 g/mol. The van der Waals surface area contributed by atoms with Crippen molar-refractivity contribution in [1.82, 2.24) is 4.90 Å². The molecule has 0 bridgehead atoms. The highest BCUT2D eigenvalue weighted by Gasteiger charge is 2.25. The fourth-order valence-corrected chi connectivity index (χ4v) is 4.16. The fraction of sp³-hybridized carbons (Fsp3) is 0.300. The standard InChI is InChI=1S/C20H22IN3OS/c1-23-11-9-14(10-12-23)19(25)15-5-4-6-16(13-15)24(20(22)26)18-8-3-2-7-17(18)21/h2-8,13-14H,9-12H2,1H3,(H2,22,26). The summed E-state index contributed by atoms with van der Waals surface area (Å²) < 4.78 is 1.05. The van der Waals surface area contributed by atoms with Crippen LogP contribution in [0.4, 0.5) is 11.4 Å². The summed E-state index contributed by atoms with van der Waals surface area (Å²) in [6.45, 7) is 1.94. The highest BCUT2D eigenvalue weighted by Crippen LogP contribution is 2.31. The lowest BCUT2D eigenvalue weighted by Crippen LogP contribution is -2.34. The van der Waals surface area contributed by atoms with Gasteiger partial charge >= 0.3 is 0 Å². The highest BCUT2D eigenvalue weighted by atomic mass is 127. The Kier molecular flexibility index (Phi) is 6.26. The summed E-state index contributed by atoms with van der Waals surface area (Å²) in [6.07, 6.45) is 1.82. The predicted molar refractivity (Wildman–Crippen MR) is 119 cm³/mol. The van der Waals surface area contributed by atoms with E-state index in [1.807, 2.05) is 53.4 Å². The maximum atomic E-state index is 13.0. The molecule has 1 heterocycles. The van der Waals surface area contributed by atoms with Crippen molar-refractivity contribution in [2.45, 2.75) is 12.8 Å². The number of benzene rings is 2. The van der Waals surface area contributed by atoms with Crippen molar-refractivity contribution in [1.29, 1.82) is 0 Å². The van der Waals surface area contributed by atoms with E-state index in [2.05, 4.69) is 34.5 Å². The molecule has 136 valence electrons. The maximum absolute atomic E-state index is 13.0. The van der Waals surface area contributed by atoms with Gasteiger partial charge in [0, 0.05) is 20.7 Å². The molecule has 1 aliphatic rings. The minimum Gasteiger partial charge on any atom is -0.376 e. The number of carbonyl (C=O) groups excluding carboxylic acids is 1. The van der Waals surface area contributed by atoms with Crippen LogP contribution in [-0.2, 0) is 0 Å². The summed E-state index contributed by atoms with van der Waals surface area (Å²) in [7, 11) is 2.10. The number of hydrogen-bond acceptors (Lipinski definition) is 3. The number of rotatable bonds is 4. The highest BCUT2D eigenvalue weighted by molar-refractivity contribution is 14.1. The summed E-state index contributed by atoms with van der Waals surface area (Å²) in [5.74, 6) is 0.308. The summed E-state index contributed by atoms with van der Waals surface area (Å²) in [4.78, 5) is 17.0. The second-order valence-corrected chi connectivity index (χ2v) is 8.20. The molecular formula is C20H22IN3OS. The average Bonchev–Trinajstić information content (AvgIpc) is 2.64. The molecule has 0 amide bonds. The Morgan fingerprint density at radius 2 is 1.88 bits per heavy atom. The normalized spacial score (nSPS) is 15.6. The predicted octanol–water partition coefficient (Wildman–Crippen LogP) is 4.20. The van der Waals surface area contributed by atoms with E-state index in [4.69, 9.17) is 18.0 Å². The molecule has 6 heteroatoms. The van der Waals surface area contributed by atoms with E-state index < -0.39 is 0 Å². The van der Waals surface area contributed by atoms with Gasteiger partial charge in [-0.15, -0.1) is 0 Å². The molecule has 0 unspecified atom stereocenters. The van der Waals surface area contributed by atoms with Gasteiger partial charge in [-0.05, 0) is 92.1 Å². The minimum absolute atomic E-state index is 0.0941. The smallest absolute Gasteiger partial charge is 0.175 e. The first-order valence-electron chi connectivity index (χ1n) is 8.64. The average molecular weight is 479 g/mol. The molecule has 26 heavy (non-hydrogen) atoms. The van der Waals surface area contributed by atoms with E-state index in [1.54, 1.807) is 0 Å². The van der Waals surface area contributed by atoms with Crippen LogP contribution in [0.15, 0.2) is 48.5 Å². The molecule has 4 nitrogen and oxygen atoms in total. The molecule has 3 rings (SSSR count). The topological polar surface area (TPSA) is 49.6 Å². The van der Waals surface area contributed by atoms with Crippen molar-refractivity contribution in [3.8, 4) is 0 Å². The third kappa shape index (κ3) is 4.24. The van der Waals surface area contributed by atoms with Crippen LogP contribution in [0.5, 0.6) is 0 Å². The van der Waals surface area contributed by atoms with Crippen LogP contribution in [0, 0.1) is 9.49 Å². The molecule has 2 N–H and O–H groups in total. The Morgan fingerprint density at radius 3 is 2.54 bits per heavy atom. The Labute approximate surface area is 173 Å². The number of para-hydroxylation sites is 1. The third-order valence-electron chi connectivity index (χ3n) is 4.79. The lowest BCUT2D eigenvalue weighted by atomic mass is 9.89. The minimum atomic E-state index is 0.0941. The van der Waals surface area contributed by atoms with Crippen molar-refractivity contribution in [2.75, 3.05) is 25.0 Å². The number of likely N-dealkylation sites (tertiary alicyclic amines) is 1. The summed E-state index contributed by atoms with van der Waals surface area (Å²) in [6, 6.07) is 15.5. The first-order valence-corrected chi connectivity index (χ1v) is 10.1. The van der Waals surface area contributed by atoms with Crippen LogP contribution in [0.2, 0.25) is 0 Å². The summed E-state index contributed by atoms with van der Waals surface area (Å²) in [5, 5.41) is 0.262. The first-order chi connectivity index (χ1) is 12.5. The van der Waals surface area contributed by atoms with Crippen LogP contribution < -0.4 is 10.6 Å². The molecule has 2 aromatic carbocycles. The second kappa shape index (κ2) is 8.45. The number of carbonyl (C=O) groups is 1. The molecule has 0 atom stereocenters. The Bertz CT molecular complexity index is 818. The van der Waals surface area contributed by atoms with Crippen molar-refractivity contribution >= 4 is 57.1 Å². The van der Waals surface area contributed by atoms with Gasteiger partial charge in [0.2, 0.25) is 0 Å². The van der Waals surface area contributed by atoms with E-state index >= 15 is 0 Å². The quantitative estimate of drug-likeness (QED) is 0.405. The number of Topliss-reactive ketones (excluding diaryl/α,β-unsaturated/α-hetero) is 1. The molecule has 0 saturated carbocycles. The van der Waals surface area contributed by atoms with Crippen molar-refractivity contribution < 1.29 is 4.79 Å². The lowest BCUT2D eigenvalue weighted by molar-refractivity contribution is 0.0857. The van der Waals surface area contributed by atoms with Gasteiger partial charge in [0.25, 0.3) is 0 Å². The van der Waals surface area contributed by atoms with Gasteiger partial charge in [0.15, 0.2) is 10.9 Å². The second-order valence-electron chi connectivity index (χ2n) is 6.62. The number of nitrogens with two attached hydrogens (primary N) is 1. The molecular weight excluding hydrogens is 457 g/mol. The number of nitrogens with zero attached hydrogens (tertiary/aromatic N) is 2. The Balaban J connectivity index is 1.91. The van der Waals surface area contributed by atoms with E-state index in [-0.39, 0.29) is 16.8 Å². The van der Waals surface area contributed by atoms with Gasteiger partial charge in [0.05, 0.1) is 5.69 Å². The SMILES string of the molecule is CN1CCC(C(=O)c2cccc(N(C(N)=S)c3ccccc3I)c2)CC1. The molecule has 1 saturated heterocycles. The number of thiocarbonyl (C=S) groups is 1. The summed E-state index contributed by atoms with van der Waals surface area (Å²) in [5.41, 5.74) is 8.48. The van der Waals surface area contributed by atoms with Gasteiger partial charge < -0.3 is 10.6 Å². The van der Waals surface area contributed by atoms with Crippen LogP contribution in [0.1, 0.15) is 23.2 Å². The number of ketones is 1. The van der Waals surface area contributed by atoms with Crippen LogP contribution >= 0.6 is 34.8 Å². The largest absolute Gasteiger partial charge is 0.376 e. The fourth-order valence-electron chi connectivity index (χ4n) is 3.32. The van der Waals surface area contributed by atoms with Crippen molar-refractivity contribution in [3.63, 3.8) is 0 Å². The van der Waals surface area contributed by atoms with Crippen LogP contribution in [0.3, 0.4) is 0 Å². The summed E-state index contributed by atoms with van der Waals surface area (Å²) >= 11 is 7.56. The molecule has 1 aliphatic heterocycles. The van der Waals surface area contributed by atoms with Gasteiger partial charge in [-0.25, -0.2) is 0 Å². The molecule has 2 aromatic rings. The van der Waals surface area contributed by atoms with E-state index in [0.29, 0.717) is 0 Å². The van der Waals surface area contributed by atoms with E-state index in [9.17, 15) is 4.79 Å². The third-order valence-corrected chi connectivity index (χ3v) is 5.89. The molecule has 0 aliphatic carbocycles. The van der Waals surface area contributed by atoms with E-state index in [1.165, 1.54) is 0 Å². The van der Waals surface area contributed by atoms with Crippen molar-refractivity contribution in [3.05, 3.63) is 57.7 Å². The van der Waals surface area contributed by atoms with Crippen LogP contribution in [0.25, 0.3) is 0 Å². The van der Waals surface area contributed by atoms with E-state index in [0.717, 1.165) is 46.4 Å². The van der Waals surface area contributed by atoms with Gasteiger partial charge in [-0.2, -0.15) is 0 Å². The first kappa shape index (κ1) is 19.3. The van der Waals surface area contributed by atoms with Crippen LogP contribution in [-0.4, -0.2) is 35.9 Å². The molecule has 0 radical (unpaired) electrons. The number of hydrogen-bond donors (Lipinski definition) is 1. The van der Waals surface area contributed by atoms with Crippen molar-refractivity contribution in [2.24, 2.45) is 11.7 Å². The molecule has 0 aromatic heterocycles. The molecule has 0 spiro atoms. The zero-order valence-electron chi connectivity index (χ0n) is 14.7. The Morgan fingerprint density at radius 1 is 1.19 bits per heavy atom. The zero-order chi connectivity index (χ0) is 18.7. The number of halogens is 1. The van der Waals surface area contributed by atoms with Gasteiger partial charge in [-0.3, -0.25) is 9.69 Å². The molecule has 1 fully saturated rings. The van der Waals surface area contributed by atoms with Gasteiger partial charge in [0.1, 0.15) is 0 Å².